The van der Waals surface area contributed by atoms with Gasteiger partial charge in [-0.1, -0.05) is 6.92 Å². The fourth-order valence-corrected chi connectivity index (χ4v) is 1.89. The Morgan fingerprint density at radius 3 is 2.92 bits per heavy atom. The number of aryl methyl sites for hydroxylation is 1. The van der Waals surface area contributed by atoms with Gasteiger partial charge < -0.3 is 5.32 Å². The molecule has 0 aliphatic carbocycles. The Morgan fingerprint density at radius 2 is 2.23 bits per heavy atom. The van der Waals surface area contributed by atoms with Gasteiger partial charge in [0, 0.05) is 12.5 Å². The van der Waals surface area contributed by atoms with Crippen molar-refractivity contribution in [1.82, 2.24) is 20.7 Å². The molecule has 2 rings (SSSR count). The quantitative estimate of drug-likeness (QED) is 0.718. The van der Waals surface area contributed by atoms with Crippen molar-refractivity contribution >= 4 is 0 Å². The molecule has 1 fully saturated rings. The van der Waals surface area contributed by atoms with E-state index in [9.17, 15) is 0 Å². The Morgan fingerprint density at radius 1 is 1.38 bits per heavy atom. The van der Waals surface area contributed by atoms with E-state index < -0.39 is 0 Å². The van der Waals surface area contributed by atoms with Crippen LogP contribution >= 0.6 is 0 Å². The van der Waals surface area contributed by atoms with Crippen molar-refractivity contribution in [2.24, 2.45) is 0 Å². The minimum Gasteiger partial charge on any atom is -0.314 e. The second kappa shape index (κ2) is 3.87. The number of aromatic amines is 1. The zero-order chi connectivity index (χ0) is 9.10. The van der Waals surface area contributed by atoms with E-state index in [1.54, 1.807) is 0 Å². The molecule has 0 amide bonds. The number of H-pyrrole nitrogens is 1. The Labute approximate surface area is 78.1 Å². The van der Waals surface area contributed by atoms with E-state index in [-0.39, 0.29) is 0 Å². The lowest BCUT2D eigenvalue weighted by atomic mass is 10.1. The van der Waals surface area contributed by atoms with Crippen LogP contribution in [0.4, 0.5) is 0 Å². The van der Waals surface area contributed by atoms with Gasteiger partial charge >= 0.3 is 0 Å². The van der Waals surface area contributed by atoms with Gasteiger partial charge in [-0.05, 0) is 25.8 Å². The first-order chi connectivity index (χ1) is 6.40. The van der Waals surface area contributed by atoms with Crippen molar-refractivity contribution in [3.05, 3.63) is 11.4 Å². The van der Waals surface area contributed by atoms with Crippen LogP contribution in [-0.4, -0.2) is 28.0 Å². The Kier molecular flexibility index (Phi) is 2.59. The van der Waals surface area contributed by atoms with Gasteiger partial charge in [0.05, 0.1) is 11.4 Å². The van der Waals surface area contributed by atoms with Gasteiger partial charge in [0.15, 0.2) is 0 Å². The molecule has 4 heteroatoms. The number of hydrogen-bond acceptors (Lipinski definition) is 3. The van der Waals surface area contributed by atoms with Crippen LogP contribution in [0, 0.1) is 0 Å². The highest BCUT2D eigenvalue weighted by Crippen LogP contribution is 2.12. The maximum atomic E-state index is 4.17. The van der Waals surface area contributed by atoms with E-state index in [0.29, 0.717) is 6.04 Å². The summed E-state index contributed by atoms with van der Waals surface area (Å²) in [7, 11) is 0. The summed E-state index contributed by atoms with van der Waals surface area (Å²) < 4.78 is 0. The Balaban J connectivity index is 1.99. The van der Waals surface area contributed by atoms with Gasteiger partial charge in [-0.25, -0.2) is 0 Å². The molecule has 0 bridgehead atoms. The average Bonchev–Trinajstić information content (AvgIpc) is 2.76. The van der Waals surface area contributed by atoms with Crippen LogP contribution < -0.4 is 5.32 Å². The zero-order valence-corrected chi connectivity index (χ0v) is 8.01. The minimum atomic E-state index is 0.621. The minimum absolute atomic E-state index is 0.621. The summed E-state index contributed by atoms with van der Waals surface area (Å²) >= 11 is 0. The second-order valence-electron chi connectivity index (χ2n) is 3.57. The Bertz CT molecular complexity index is 262. The van der Waals surface area contributed by atoms with Crippen LogP contribution in [-0.2, 0) is 12.8 Å². The molecule has 1 saturated heterocycles. The first-order valence-corrected chi connectivity index (χ1v) is 5.02. The number of rotatable bonds is 3. The predicted octanol–water partition coefficient (Wildman–Crippen LogP) is 0.662. The number of nitrogens with zero attached hydrogens (tertiary/aromatic N) is 2. The molecular weight excluding hydrogens is 164 g/mol. The summed E-state index contributed by atoms with van der Waals surface area (Å²) in [6.45, 7) is 3.27. The second-order valence-corrected chi connectivity index (χ2v) is 3.57. The topological polar surface area (TPSA) is 53.6 Å². The summed E-state index contributed by atoms with van der Waals surface area (Å²) in [6.07, 6.45) is 4.57. The Hall–Kier alpha value is -0.900. The first kappa shape index (κ1) is 8.69. The van der Waals surface area contributed by atoms with E-state index in [1.165, 1.54) is 12.8 Å². The van der Waals surface area contributed by atoms with Gasteiger partial charge in [0.2, 0.25) is 0 Å². The van der Waals surface area contributed by atoms with Crippen molar-refractivity contribution in [2.75, 3.05) is 6.54 Å². The van der Waals surface area contributed by atoms with Crippen LogP contribution in [0.5, 0.6) is 0 Å². The molecule has 1 aliphatic rings. The van der Waals surface area contributed by atoms with Crippen LogP contribution in [0.1, 0.15) is 31.2 Å². The molecule has 2 heterocycles. The molecule has 0 spiro atoms. The van der Waals surface area contributed by atoms with Crippen molar-refractivity contribution in [3.8, 4) is 0 Å². The largest absolute Gasteiger partial charge is 0.314 e. The molecule has 2 N–H and O–H groups in total. The maximum Gasteiger partial charge on any atom is 0.0872 e. The third kappa shape index (κ3) is 1.88. The van der Waals surface area contributed by atoms with Crippen molar-refractivity contribution in [3.63, 3.8) is 0 Å². The van der Waals surface area contributed by atoms with Crippen LogP contribution in [0.15, 0.2) is 0 Å². The molecular formula is C9H16N4. The van der Waals surface area contributed by atoms with E-state index in [1.807, 2.05) is 0 Å². The molecule has 1 atom stereocenters. The molecule has 13 heavy (non-hydrogen) atoms. The standard InChI is InChI=1S/C9H16N4/c1-2-8-9(12-13-11-8)6-7-4-3-5-10-7/h7,10H,2-6H2,1H3,(H,11,12,13). The van der Waals surface area contributed by atoms with E-state index in [0.717, 1.165) is 30.8 Å². The smallest absolute Gasteiger partial charge is 0.0872 e. The lowest BCUT2D eigenvalue weighted by molar-refractivity contribution is 0.592. The van der Waals surface area contributed by atoms with Gasteiger partial charge in [-0.2, -0.15) is 15.4 Å². The normalized spacial score (nSPS) is 22.4. The molecule has 0 radical (unpaired) electrons. The highest BCUT2D eigenvalue weighted by molar-refractivity contribution is 5.10. The van der Waals surface area contributed by atoms with Gasteiger partial charge in [-0.15, -0.1) is 0 Å². The van der Waals surface area contributed by atoms with Gasteiger partial charge in [0.25, 0.3) is 0 Å². The van der Waals surface area contributed by atoms with Crippen molar-refractivity contribution in [1.29, 1.82) is 0 Å². The summed E-state index contributed by atoms with van der Waals surface area (Å²) in [5.41, 5.74) is 2.26. The monoisotopic (exact) mass is 180 g/mol. The van der Waals surface area contributed by atoms with E-state index >= 15 is 0 Å². The maximum absolute atomic E-state index is 4.17. The van der Waals surface area contributed by atoms with E-state index in [4.69, 9.17) is 0 Å². The average molecular weight is 180 g/mol. The zero-order valence-electron chi connectivity index (χ0n) is 8.01. The van der Waals surface area contributed by atoms with Crippen molar-refractivity contribution in [2.45, 2.75) is 38.6 Å². The fraction of sp³-hybridized carbons (Fsp3) is 0.778. The SMILES string of the molecule is CCc1n[nH]nc1CC1CCCN1. The number of nitrogens with one attached hydrogen (secondary N) is 2. The van der Waals surface area contributed by atoms with Gasteiger partial charge in [-0.3, -0.25) is 0 Å². The predicted molar refractivity (Wildman–Crippen MR) is 50.5 cm³/mol. The summed E-state index contributed by atoms with van der Waals surface area (Å²) in [6, 6.07) is 0.621. The van der Waals surface area contributed by atoms with Crippen LogP contribution in [0.2, 0.25) is 0 Å². The number of hydrogen-bond donors (Lipinski definition) is 2. The van der Waals surface area contributed by atoms with Gasteiger partial charge in [0.1, 0.15) is 0 Å². The van der Waals surface area contributed by atoms with Crippen molar-refractivity contribution < 1.29 is 0 Å². The lowest BCUT2D eigenvalue weighted by Crippen LogP contribution is -2.24. The highest BCUT2D eigenvalue weighted by Gasteiger charge is 2.17. The van der Waals surface area contributed by atoms with E-state index in [2.05, 4.69) is 27.7 Å². The third-order valence-corrected chi connectivity index (χ3v) is 2.64. The third-order valence-electron chi connectivity index (χ3n) is 2.64. The molecule has 0 aromatic carbocycles. The summed E-state index contributed by atoms with van der Waals surface area (Å²) in [5.74, 6) is 0. The summed E-state index contributed by atoms with van der Waals surface area (Å²) in [4.78, 5) is 0. The summed E-state index contributed by atoms with van der Waals surface area (Å²) in [5, 5.41) is 14.4. The van der Waals surface area contributed by atoms with Crippen LogP contribution in [0.25, 0.3) is 0 Å². The number of aromatic nitrogens is 3. The van der Waals surface area contributed by atoms with Crippen LogP contribution in [0.3, 0.4) is 0 Å². The molecule has 1 aliphatic heterocycles. The first-order valence-electron chi connectivity index (χ1n) is 5.02. The molecule has 1 aromatic rings. The molecule has 4 nitrogen and oxygen atoms in total. The molecule has 1 unspecified atom stereocenters. The highest BCUT2D eigenvalue weighted by atomic mass is 15.3. The molecule has 1 aromatic heterocycles. The lowest BCUT2D eigenvalue weighted by Gasteiger charge is -2.07. The molecule has 72 valence electrons. The molecule has 0 saturated carbocycles. The fourth-order valence-electron chi connectivity index (χ4n) is 1.89.